The maximum atomic E-state index is 5.73. The number of hydrogen-bond donors (Lipinski definition) is 3. The van der Waals surface area contributed by atoms with Crippen molar-refractivity contribution in [3.8, 4) is 18.1 Å². The fourth-order valence-electron chi connectivity index (χ4n) is 2.36. The van der Waals surface area contributed by atoms with Crippen LogP contribution >= 0.6 is 0 Å². The Bertz CT molecular complexity index is 1010. The van der Waals surface area contributed by atoms with Gasteiger partial charge in [0.15, 0.2) is 0 Å². The van der Waals surface area contributed by atoms with Crippen LogP contribution in [0.4, 0.5) is 11.6 Å². The number of ether oxygens (including phenoxy) is 1. The van der Waals surface area contributed by atoms with Gasteiger partial charge in [-0.3, -0.25) is 0 Å². The van der Waals surface area contributed by atoms with Crippen LogP contribution in [0.3, 0.4) is 0 Å². The molecule has 0 spiro atoms. The summed E-state index contributed by atoms with van der Waals surface area (Å²) in [5.74, 6) is 9.07. The minimum absolute atomic E-state index is 0.245. The molecule has 0 fully saturated rings. The van der Waals surface area contributed by atoms with E-state index in [4.69, 9.17) is 22.7 Å². The third kappa shape index (κ3) is 3.28. The first-order valence-corrected chi connectivity index (χ1v) is 7.37. The van der Waals surface area contributed by atoms with Crippen molar-refractivity contribution in [1.29, 1.82) is 0 Å². The minimum Gasteiger partial charge on any atom is -0.495 e. The molecule has 0 aliphatic rings. The van der Waals surface area contributed by atoms with Gasteiger partial charge < -0.3 is 21.6 Å². The van der Waals surface area contributed by atoms with Gasteiger partial charge in [0, 0.05) is 28.9 Å². The fraction of sp³-hybridized carbons (Fsp3) is 0.0556. The monoisotopic (exact) mass is 332 g/mol. The molecule has 0 amide bonds. The fourth-order valence-corrected chi connectivity index (χ4v) is 2.36. The van der Waals surface area contributed by atoms with Gasteiger partial charge in [-0.1, -0.05) is 18.1 Å². The molecule has 0 radical (unpaired) electrons. The van der Waals surface area contributed by atoms with Crippen LogP contribution in [0.25, 0.3) is 10.9 Å². The van der Waals surface area contributed by atoms with E-state index in [1.54, 1.807) is 25.4 Å². The molecule has 25 heavy (non-hydrogen) atoms. The number of aromatic nitrogens is 2. The van der Waals surface area contributed by atoms with E-state index in [1.165, 1.54) is 0 Å². The van der Waals surface area contributed by atoms with Crippen LogP contribution in [0.15, 0.2) is 47.7 Å². The van der Waals surface area contributed by atoms with Crippen molar-refractivity contribution in [3.63, 3.8) is 0 Å². The van der Waals surface area contributed by atoms with Crippen LogP contribution in [0.2, 0.25) is 0 Å². The number of hydrazone groups is 1. The van der Waals surface area contributed by atoms with Gasteiger partial charge in [0.1, 0.15) is 11.6 Å². The number of rotatable bonds is 4. The smallest absolute Gasteiger partial charge is 0.227 e. The van der Waals surface area contributed by atoms with Gasteiger partial charge in [-0.25, -0.2) is 9.97 Å². The molecule has 5 N–H and O–H groups in total. The molecule has 124 valence electrons. The Hall–Kier alpha value is -3.79. The Kier molecular flexibility index (Phi) is 4.35. The molecule has 0 unspecified atom stereocenters. The number of nitrogens with one attached hydrogen (secondary N) is 1. The minimum atomic E-state index is 0.245. The molecule has 3 rings (SSSR count). The molecular formula is C18H16N6O. The zero-order chi connectivity index (χ0) is 17.8. The molecule has 0 atom stereocenters. The number of benzene rings is 2. The highest BCUT2D eigenvalue weighted by Crippen LogP contribution is 2.25. The molecule has 2 aromatic carbocycles. The van der Waals surface area contributed by atoms with Crippen LogP contribution in [-0.2, 0) is 0 Å². The number of nitrogens with zero attached hydrogens (tertiary/aromatic N) is 3. The first kappa shape index (κ1) is 16.1. The average molecular weight is 332 g/mol. The van der Waals surface area contributed by atoms with Crippen molar-refractivity contribution < 1.29 is 4.74 Å². The number of nitrogens with two attached hydrogens (primary N) is 2. The first-order valence-electron chi connectivity index (χ1n) is 7.37. The van der Waals surface area contributed by atoms with Gasteiger partial charge >= 0.3 is 0 Å². The van der Waals surface area contributed by atoms with Gasteiger partial charge in [-0.05, 0) is 18.2 Å². The molecular weight excluding hydrogens is 316 g/mol. The zero-order valence-electron chi connectivity index (χ0n) is 13.5. The summed E-state index contributed by atoms with van der Waals surface area (Å²) in [5, 5.41) is 7.44. The van der Waals surface area contributed by atoms with Gasteiger partial charge in [-0.15, -0.1) is 6.42 Å². The van der Waals surface area contributed by atoms with E-state index < -0.39 is 0 Å². The van der Waals surface area contributed by atoms with Crippen LogP contribution in [0.1, 0.15) is 11.1 Å². The summed E-state index contributed by atoms with van der Waals surface area (Å²) in [6, 6.07) is 10.9. The second-order valence-corrected chi connectivity index (χ2v) is 5.17. The molecule has 3 aromatic rings. The molecule has 1 aromatic heterocycles. The van der Waals surface area contributed by atoms with Crippen molar-refractivity contribution in [3.05, 3.63) is 53.7 Å². The predicted molar refractivity (Wildman–Crippen MR) is 98.7 cm³/mol. The summed E-state index contributed by atoms with van der Waals surface area (Å²) in [4.78, 5) is 8.80. The van der Waals surface area contributed by atoms with E-state index in [-0.39, 0.29) is 5.84 Å². The summed E-state index contributed by atoms with van der Waals surface area (Å²) in [6.45, 7) is 0. The van der Waals surface area contributed by atoms with Gasteiger partial charge in [0.2, 0.25) is 5.95 Å². The Morgan fingerprint density at radius 2 is 2.16 bits per heavy atom. The molecule has 1 heterocycles. The molecule has 7 nitrogen and oxygen atoms in total. The summed E-state index contributed by atoms with van der Waals surface area (Å²) in [5.41, 5.74) is 8.56. The van der Waals surface area contributed by atoms with Crippen molar-refractivity contribution in [1.82, 2.24) is 9.97 Å². The Morgan fingerprint density at radius 1 is 1.32 bits per heavy atom. The quantitative estimate of drug-likeness (QED) is 0.221. The Morgan fingerprint density at radius 3 is 2.88 bits per heavy atom. The molecule has 0 aliphatic carbocycles. The van der Waals surface area contributed by atoms with Gasteiger partial charge in [0.05, 0.1) is 18.2 Å². The summed E-state index contributed by atoms with van der Waals surface area (Å²) >= 11 is 0. The van der Waals surface area contributed by atoms with Crippen molar-refractivity contribution in [2.75, 3.05) is 12.4 Å². The van der Waals surface area contributed by atoms with Crippen LogP contribution in [0, 0.1) is 12.3 Å². The van der Waals surface area contributed by atoms with Crippen LogP contribution in [-0.4, -0.2) is 22.9 Å². The summed E-state index contributed by atoms with van der Waals surface area (Å²) in [7, 11) is 1.57. The molecule has 0 saturated heterocycles. The highest BCUT2D eigenvalue weighted by Gasteiger charge is 2.07. The Balaban J connectivity index is 1.96. The van der Waals surface area contributed by atoms with Gasteiger partial charge in [0.25, 0.3) is 0 Å². The lowest BCUT2D eigenvalue weighted by molar-refractivity contribution is 0.414. The number of fused-ring (bicyclic) bond motifs is 1. The molecule has 0 aliphatic heterocycles. The van der Waals surface area contributed by atoms with E-state index >= 15 is 0 Å². The normalized spacial score (nSPS) is 11.1. The standard InChI is InChI=1S/C18H16N6O/c1-3-11-7-13-10-21-18(23-15(13)9-16(11)25-2)22-14-6-4-5-12(8-14)17(19)24-20/h1,4-10H,20H2,2H3,(H2,19,24)(H,21,22,23). The van der Waals surface area contributed by atoms with E-state index in [0.717, 1.165) is 11.1 Å². The van der Waals surface area contributed by atoms with E-state index in [0.29, 0.717) is 28.3 Å². The number of methoxy groups -OCH3 is 1. The van der Waals surface area contributed by atoms with E-state index in [1.807, 2.05) is 24.3 Å². The number of terminal acetylenes is 1. The number of anilines is 2. The predicted octanol–water partition coefficient (Wildman–Crippen LogP) is 1.94. The first-order chi connectivity index (χ1) is 12.1. The van der Waals surface area contributed by atoms with Crippen molar-refractivity contribution >= 4 is 28.4 Å². The topological polar surface area (TPSA) is 111 Å². The largest absolute Gasteiger partial charge is 0.495 e. The SMILES string of the molecule is C#Cc1cc2cnc(Nc3cccc(/C(N)=N/N)c3)nc2cc1OC. The number of hydrogen-bond acceptors (Lipinski definition) is 6. The molecule has 0 bridgehead atoms. The molecule has 7 heteroatoms. The Labute approximate surface area is 144 Å². The number of amidine groups is 1. The summed E-state index contributed by atoms with van der Waals surface area (Å²) < 4.78 is 5.29. The third-order valence-electron chi connectivity index (χ3n) is 3.61. The lowest BCUT2D eigenvalue weighted by Gasteiger charge is -2.09. The highest BCUT2D eigenvalue weighted by molar-refractivity contribution is 5.98. The van der Waals surface area contributed by atoms with Crippen LogP contribution < -0.4 is 21.6 Å². The lowest BCUT2D eigenvalue weighted by atomic mass is 10.1. The lowest BCUT2D eigenvalue weighted by Crippen LogP contribution is -2.15. The summed E-state index contributed by atoms with van der Waals surface area (Å²) in [6.07, 6.45) is 7.19. The second kappa shape index (κ2) is 6.76. The maximum Gasteiger partial charge on any atom is 0.227 e. The average Bonchev–Trinajstić information content (AvgIpc) is 2.66. The second-order valence-electron chi connectivity index (χ2n) is 5.17. The highest BCUT2D eigenvalue weighted by atomic mass is 16.5. The van der Waals surface area contributed by atoms with Gasteiger partial charge in [-0.2, -0.15) is 5.10 Å². The van der Waals surface area contributed by atoms with E-state index in [9.17, 15) is 0 Å². The zero-order valence-corrected chi connectivity index (χ0v) is 13.5. The van der Waals surface area contributed by atoms with Crippen molar-refractivity contribution in [2.45, 2.75) is 0 Å². The van der Waals surface area contributed by atoms with Crippen LogP contribution in [0.5, 0.6) is 5.75 Å². The maximum absolute atomic E-state index is 5.73. The van der Waals surface area contributed by atoms with E-state index in [2.05, 4.69) is 26.3 Å². The van der Waals surface area contributed by atoms with Crippen molar-refractivity contribution in [2.24, 2.45) is 16.7 Å². The third-order valence-corrected chi connectivity index (χ3v) is 3.61. The molecule has 0 saturated carbocycles.